The second kappa shape index (κ2) is 9.17. The lowest BCUT2D eigenvalue weighted by Gasteiger charge is -2.12. The average molecular weight is 380 g/mol. The Morgan fingerprint density at radius 1 is 1.00 bits per heavy atom. The number of aromatic nitrogens is 2. The Morgan fingerprint density at radius 2 is 1.71 bits per heavy atom. The molecule has 1 aromatic heterocycles. The number of hydrogen-bond acceptors (Lipinski definition) is 5. The molecule has 0 aliphatic carbocycles. The van der Waals surface area contributed by atoms with Crippen molar-refractivity contribution in [3.63, 3.8) is 0 Å². The molecule has 146 valence electrons. The van der Waals surface area contributed by atoms with Crippen molar-refractivity contribution < 1.29 is 9.13 Å². The SMILES string of the molecule is Cc1nc(NCCc2ccccc2F)cc(Nc2ccc(OC(C)C)cc2)n1. The largest absolute Gasteiger partial charge is 0.491 e. The molecule has 0 saturated carbocycles. The highest BCUT2D eigenvalue weighted by molar-refractivity contribution is 5.60. The summed E-state index contributed by atoms with van der Waals surface area (Å²) in [5, 5.41) is 6.52. The molecule has 0 saturated heterocycles. The second-order valence-electron chi connectivity index (χ2n) is 6.77. The van der Waals surface area contributed by atoms with Gasteiger partial charge in [-0.3, -0.25) is 0 Å². The van der Waals surface area contributed by atoms with Crippen LogP contribution in [0.1, 0.15) is 25.2 Å². The highest BCUT2D eigenvalue weighted by atomic mass is 19.1. The zero-order chi connectivity index (χ0) is 19.9. The fourth-order valence-corrected chi connectivity index (χ4v) is 2.79. The van der Waals surface area contributed by atoms with Gasteiger partial charge >= 0.3 is 0 Å². The molecule has 0 unspecified atom stereocenters. The maximum atomic E-state index is 13.7. The molecule has 6 heteroatoms. The van der Waals surface area contributed by atoms with Crippen molar-refractivity contribution in [3.05, 3.63) is 71.8 Å². The number of rotatable bonds is 8. The lowest BCUT2D eigenvalue weighted by Crippen LogP contribution is -2.09. The molecule has 0 fully saturated rings. The fraction of sp³-hybridized carbons (Fsp3) is 0.273. The molecule has 0 radical (unpaired) electrons. The highest BCUT2D eigenvalue weighted by Crippen LogP contribution is 2.21. The van der Waals surface area contributed by atoms with Gasteiger partial charge in [-0.2, -0.15) is 0 Å². The van der Waals surface area contributed by atoms with Gasteiger partial charge in [-0.25, -0.2) is 14.4 Å². The predicted octanol–water partition coefficient (Wildman–Crippen LogP) is 5.11. The Labute approximate surface area is 165 Å². The van der Waals surface area contributed by atoms with Gasteiger partial charge < -0.3 is 15.4 Å². The molecule has 2 N–H and O–H groups in total. The molecule has 0 aliphatic heterocycles. The van der Waals surface area contributed by atoms with Gasteiger partial charge in [-0.05, 0) is 63.1 Å². The van der Waals surface area contributed by atoms with Crippen LogP contribution in [0.5, 0.6) is 5.75 Å². The smallest absolute Gasteiger partial charge is 0.136 e. The quantitative estimate of drug-likeness (QED) is 0.569. The first-order valence-electron chi connectivity index (χ1n) is 9.36. The summed E-state index contributed by atoms with van der Waals surface area (Å²) in [6.45, 7) is 6.41. The first-order chi connectivity index (χ1) is 13.5. The number of nitrogens with one attached hydrogen (secondary N) is 2. The minimum atomic E-state index is -0.185. The summed E-state index contributed by atoms with van der Waals surface area (Å²) in [7, 11) is 0. The molecule has 0 atom stereocenters. The lowest BCUT2D eigenvalue weighted by atomic mass is 10.1. The van der Waals surface area contributed by atoms with E-state index < -0.39 is 0 Å². The van der Waals surface area contributed by atoms with Crippen molar-refractivity contribution in [2.75, 3.05) is 17.2 Å². The van der Waals surface area contributed by atoms with E-state index in [1.54, 1.807) is 12.1 Å². The summed E-state index contributed by atoms with van der Waals surface area (Å²) in [6.07, 6.45) is 0.719. The summed E-state index contributed by atoms with van der Waals surface area (Å²) < 4.78 is 19.4. The third-order valence-corrected chi connectivity index (χ3v) is 3.99. The highest BCUT2D eigenvalue weighted by Gasteiger charge is 2.05. The molecular weight excluding hydrogens is 355 g/mol. The van der Waals surface area contributed by atoms with Crippen LogP contribution in [-0.2, 0) is 6.42 Å². The van der Waals surface area contributed by atoms with Crippen molar-refractivity contribution in [2.24, 2.45) is 0 Å². The van der Waals surface area contributed by atoms with Gasteiger partial charge in [0.15, 0.2) is 0 Å². The zero-order valence-corrected chi connectivity index (χ0v) is 16.4. The predicted molar refractivity (Wildman–Crippen MR) is 111 cm³/mol. The summed E-state index contributed by atoms with van der Waals surface area (Å²) >= 11 is 0. The number of nitrogens with zero attached hydrogens (tertiary/aromatic N) is 2. The Hall–Kier alpha value is -3.15. The summed E-state index contributed by atoms with van der Waals surface area (Å²) in [5.41, 5.74) is 1.59. The van der Waals surface area contributed by atoms with Crippen LogP contribution in [0.25, 0.3) is 0 Å². The van der Waals surface area contributed by atoms with Gasteiger partial charge in [0.2, 0.25) is 0 Å². The maximum Gasteiger partial charge on any atom is 0.136 e. The number of hydrogen-bond donors (Lipinski definition) is 2. The number of benzene rings is 2. The van der Waals surface area contributed by atoms with Crippen LogP contribution in [0.2, 0.25) is 0 Å². The van der Waals surface area contributed by atoms with E-state index in [1.807, 2.05) is 57.2 Å². The monoisotopic (exact) mass is 380 g/mol. The normalized spacial score (nSPS) is 10.8. The molecule has 1 heterocycles. The molecular formula is C22H25FN4O. The molecule has 0 amide bonds. The second-order valence-corrected chi connectivity index (χ2v) is 6.77. The number of anilines is 3. The van der Waals surface area contributed by atoms with E-state index in [2.05, 4.69) is 20.6 Å². The van der Waals surface area contributed by atoms with Crippen molar-refractivity contribution >= 4 is 17.3 Å². The van der Waals surface area contributed by atoms with Crippen LogP contribution in [0.15, 0.2) is 54.6 Å². The Balaban J connectivity index is 1.62. The van der Waals surface area contributed by atoms with E-state index in [9.17, 15) is 4.39 Å². The van der Waals surface area contributed by atoms with Gasteiger partial charge in [0.1, 0.15) is 29.0 Å². The Kier molecular flexibility index (Phi) is 6.42. The Morgan fingerprint density at radius 3 is 2.43 bits per heavy atom. The van der Waals surface area contributed by atoms with Crippen LogP contribution >= 0.6 is 0 Å². The van der Waals surface area contributed by atoms with Crippen LogP contribution in [0.3, 0.4) is 0 Å². The van der Waals surface area contributed by atoms with E-state index in [0.29, 0.717) is 36.0 Å². The molecule has 3 aromatic rings. The van der Waals surface area contributed by atoms with Gasteiger partial charge in [-0.1, -0.05) is 18.2 Å². The van der Waals surface area contributed by atoms with E-state index >= 15 is 0 Å². The van der Waals surface area contributed by atoms with Crippen LogP contribution in [-0.4, -0.2) is 22.6 Å². The third kappa shape index (κ3) is 5.67. The molecule has 5 nitrogen and oxygen atoms in total. The van der Waals surface area contributed by atoms with Gasteiger partial charge in [0.25, 0.3) is 0 Å². The van der Waals surface area contributed by atoms with Gasteiger partial charge in [0.05, 0.1) is 6.10 Å². The molecule has 2 aromatic carbocycles. The maximum absolute atomic E-state index is 13.7. The van der Waals surface area contributed by atoms with Crippen LogP contribution in [0, 0.1) is 12.7 Å². The van der Waals surface area contributed by atoms with E-state index in [1.165, 1.54) is 6.07 Å². The lowest BCUT2D eigenvalue weighted by molar-refractivity contribution is 0.242. The molecule has 0 bridgehead atoms. The minimum absolute atomic E-state index is 0.140. The summed E-state index contributed by atoms with van der Waals surface area (Å²) in [6, 6.07) is 16.4. The Bertz CT molecular complexity index is 913. The number of ether oxygens (including phenoxy) is 1. The van der Waals surface area contributed by atoms with Crippen molar-refractivity contribution in [3.8, 4) is 5.75 Å². The molecule has 0 aliphatic rings. The topological polar surface area (TPSA) is 59.1 Å². The number of aryl methyl sites for hydroxylation is 1. The van der Waals surface area contributed by atoms with Crippen molar-refractivity contribution in [1.82, 2.24) is 9.97 Å². The third-order valence-electron chi connectivity index (χ3n) is 3.99. The van der Waals surface area contributed by atoms with Gasteiger partial charge in [-0.15, -0.1) is 0 Å². The first kappa shape index (κ1) is 19.6. The fourth-order valence-electron chi connectivity index (χ4n) is 2.79. The molecule has 0 spiro atoms. The van der Waals surface area contributed by atoms with E-state index in [4.69, 9.17) is 4.74 Å². The summed E-state index contributed by atoms with van der Waals surface area (Å²) in [4.78, 5) is 8.83. The van der Waals surface area contributed by atoms with Crippen molar-refractivity contribution in [1.29, 1.82) is 0 Å². The average Bonchev–Trinajstić information content (AvgIpc) is 2.64. The standard InChI is InChI=1S/C22H25FN4O/c1-15(2)28-19-10-8-18(9-11-19)27-22-14-21(25-16(3)26-22)24-13-12-17-6-4-5-7-20(17)23/h4-11,14-15H,12-13H2,1-3H3,(H2,24,25,26,27). The first-order valence-corrected chi connectivity index (χ1v) is 9.36. The minimum Gasteiger partial charge on any atom is -0.491 e. The number of halogens is 1. The molecule has 28 heavy (non-hydrogen) atoms. The molecule has 3 rings (SSSR count). The van der Waals surface area contributed by atoms with Crippen LogP contribution in [0.4, 0.5) is 21.7 Å². The van der Waals surface area contributed by atoms with E-state index in [-0.39, 0.29) is 11.9 Å². The zero-order valence-electron chi connectivity index (χ0n) is 16.4. The van der Waals surface area contributed by atoms with Crippen molar-refractivity contribution in [2.45, 2.75) is 33.3 Å². The van der Waals surface area contributed by atoms with Crippen LogP contribution < -0.4 is 15.4 Å². The van der Waals surface area contributed by atoms with E-state index in [0.717, 1.165) is 11.4 Å². The summed E-state index contributed by atoms with van der Waals surface area (Å²) in [5.74, 6) is 2.69. The van der Waals surface area contributed by atoms with Gasteiger partial charge in [0, 0.05) is 18.3 Å².